The lowest BCUT2D eigenvalue weighted by Crippen LogP contribution is -2.37. The number of anilines is 1. The molecule has 1 fully saturated rings. The molecular weight excluding hydrogens is 286 g/mol. The third kappa shape index (κ3) is 3.34. The molecule has 1 aliphatic heterocycles. The number of nitrogens with one attached hydrogen (secondary N) is 1. The number of benzene rings is 1. The predicted octanol–water partition coefficient (Wildman–Crippen LogP) is 2.74. The number of pyridine rings is 1. The van der Waals surface area contributed by atoms with Crippen LogP contribution in [0.5, 0.6) is 0 Å². The topological polar surface area (TPSA) is 45.2 Å². The van der Waals surface area contributed by atoms with E-state index in [2.05, 4.69) is 15.2 Å². The Labute approximate surface area is 128 Å². The van der Waals surface area contributed by atoms with Crippen molar-refractivity contribution in [2.24, 2.45) is 0 Å². The molecule has 21 heavy (non-hydrogen) atoms. The number of amides is 1. The van der Waals surface area contributed by atoms with E-state index in [0.717, 1.165) is 30.2 Å². The third-order valence-electron chi connectivity index (χ3n) is 3.62. The summed E-state index contributed by atoms with van der Waals surface area (Å²) in [6, 6.07) is 11.5. The van der Waals surface area contributed by atoms with E-state index in [-0.39, 0.29) is 11.9 Å². The fourth-order valence-corrected chi connectivity index (χ4v) is 2.74. The van der Waals surface area contributed by atoms with Crippen LogP contribution in [-0.2, 0) is 0 Å². The Morgan fingerprint density at radius 2 is 2.24 bits per heavy atom. The van der Waals surface area contributed by atoms with Gasteiger partial charge >= 0.3 is 0 Å². The second kappa shape index (κ2) is 6.14. The predicted molar refractivity (Wildman–Crippen MR) is 83.8 cm³/mol. The minimum absolute atomic E-state index is 0.0685. The van der Waals surface area contributed by atoms with E-state index in [1.165, 1.54) is 0 Å². The highest BCUT2D eigenvalue weighted by molar-refractivity contribution is 6.30. The molecule has 0 unspecified atom stereocenters. The first-order valence-corrected chi connectivity index (χ1v) is 7.31. The average molecular weight is 302 g/mol. The lowest BCUT2D eigenvalue weighted by Gasteiger charge is -2.19. The monoisotopic (exact) mass is 301 g/mol. The van der Waals surface area contributed by atoms with Gasteiger partial charge in [-0.3, -0.25) is 9.78 Å². The molecule has 0 radical (unpaired) electrons. The molecule has 4 nitrogen and oxygen atoms in total. The molecule has 1 saturated heterocycles. The van der Waals surface area contributed by atoms with Crippen LogP contribution >= 0.6 is 11.6 Å². The highest BCUT2D eigenvalue weighted by Gasteiger charge is 2.24. The van der Waals surface area contributed by atoms with Crippen LogP contribution in [0.3, 0.4) is 0 Å². The number of hydrogen-bond acceptors (Lipinski definition) is 3. The molecule has 3 rings (SSSR count). The zero-order valence-corrected chi connectivity index (χ0v) is 12.3. The highest BCUT2D eigenvalue weighted by atomic mass is 35.5. The Bertz CT molecular complexity index is 632. The van der Waals surface area contributed by atoms with E-state index in [0.29, 0.717) is 5.56 Å². The summed E-state index contributed by atoms with van der Waals surface area (Å²) in [5.41, 5.74) is 1.69. The normalized spacial score (nSPS) is 17.8. The van der Waals surface area contributed by atoms with Crippen molar-refractivity contribution in [1.82, 2.24) is 10.3 Å². The number of halogens is 1. The molecular formula is C16H16ClN3O. The summed E-state index contributed by atoms with van der Waals surface area (Å²) >= 11 is 6.02. The van der Waals surface area contributed by atoms with Crippen molar-refractivity contribution in [2.45, 2.75) is 12.5 Å². The summed E-state index contributed by atoms with van der Waals surface area (Å²) in [4.78, 5) is 18.3. The van der Waals surface area contributed by atoms with Gasteiger partial charge < -0.3 is 10.2 Å². The Morgan fingerprint density at radius 3 is 3.00 bits per heavy atom. The Morgan fingerprint density at radius 1 is 1.33 bits per heavy atom. The number of carbonyl (C=O) groups is 1. The molecule has 0 spiro atoms. The second-order valence-corrected chi connectivity index (χ2v) is 5.56. The SMILES string of the molecule is O=C(N[C@H]1CCN(c2cccc(Cl)c2)C1)c1cccnc1. The summed E-state index contributed by atoms with van der Waals surface area (Å²) in [5.74, 6) is -0.0685. The smallest absolute Gasteiger partial charge is 0.253 e. The molecule has 1 aromatic carbocycles. The lowest BCUT2D eigenvalue weighted by atomic mass is 10.2. The standard InChI is InChI=1S/C16H16ClN3O/c17-13-4-1-5-15(9-13)20-8-6-14(11-20)19-16(21)12-3-2-7-18-10-12/h1-5,7,9-10,14H,6,8,11H2,(H,19,21)/t14-/m0/s1. The van der Waals surface area contributed by atoms with Gasteiger partial charge in [0.2, 0.25) is 0 Å². The van der Waals surface area contributed by atoms with Crippen molar-refractivity contribution in [1.29, 1.82) is 0 Å². The average Bonchev–Trinajstić information content (AvgIpc) is 2.97. The molecule has 5 heteroatoms. The summed E-state index contributed by atoms with van der Waals surface area (Å²) in [5, 5.41) is 3.79. The van der Waals surface area contributed by atoms with Gasteiger partial charge in [0.1, 0.15) is 0 Å². The van der Waals surface area contributed by atoms with Gasteiger partial charge in [-0.25, -0.2) is 0 Å². The first-order chi connectivity index (χ1) is 10.2. The maximum Gasteiger partial charge on any atom is 0.253 e. The number of hydrogen-bond donors (Lipinski definition) is 1. The molecule has 1 amide bonds. The van der Waals surface area contributed by atoms with Crippen molar-refractivity contribution in [3.63, 3.8) is 0 Å². The third-order valence-corrected chi connectivity index (χ3v) is 3.86. The van der Waals surface area contributed by atoms with Gasteiger partial charge in [0.25, 0.3) is 5.91 Å². The van der Waals surface area contributed by atoms with Crippen molar-refractivity contribution in [3.05, 3.63) is 59.4 Å². The molecule has 1 N–H and O–H groups in total. The van der Waals surface area contributed by atoms with Crippen LogP contribution in [0.2, 0.25) is 5.02 Å². The van der Waals surface area contributed by atoms with Gasteiger partial charge in [0.15, 0.2) is 0 Å². The van der Waals surface area contributed by atoms with E-state index in [1.807, 2.05) is 24.3 Å². The van der Waals surface area contributed by atoms with Gasteiger partial charge in [-0.2, -0.15) is 0 Å². The second-order valence-electron chi connectivity index (χ2n) is 5.13. The summed E-state index contributed by atoms with van der Waals surface area (Å²) < 4.78 is 0. The van der Waals surface area contributed by atoms with E-state index < -0.39 is 0 Å². The fourth-order valence-electron chi connectivity index (χ4n) is 2.55. The summed E-state index contributed by atoms with van der Waals surface area (Å²) in [6.07, 6.45) is 4.17. The van der Waals surface area contributed by atoms with Crippen LogP contribution in [-0.4, -0.2) is 30.0 Å². The van der Waals surface area contributed by atoms with Gasteiger partial charge in [0, 0.05) is 42.2 Å². The van der Waals surface area contributed by atoms with Crippen LogP contribution in [0.4, 0.5) is 5.69 Å². The van der Waals surface area contributed by atoms with E-state index in [9.17, 15) is 4.79 Å². The van der Waals surface area contributed by atoms with Gasteiger partial charge in [-0.1, -0.05) is 17.7 Å². The van der Waals surface area contributed by atoms with Crippen LogP contribution in [0, 0.1) is 0 Å². The Balaban J connectivity index is 1.61. The van der Waals surface area contributed by atoms with Crippen molar-refractivity contribution in [3.8, 4) is 0 Å². The number of carbonyl (C=O) groups excluding carboxylic acids is 1. The van der Waals surface area contributed by atoms with Crippen LogP contribution in [0.25, 0.3) is 0 Å². The van der Waals surface area contributed by atoms with E-state index in [1.54, 1.807) is 24.5 Å². The minimum Gasteiger partial charge on any atom is -0.369 e. The molecule has 0 bridgehead atoms. The first-order valence-electron chi connectivity index (χ1n) is 6.94. The maximum atomic E-state index is 12.1. The highest BCUT2D eigenvalue weighted by Crippen LogP contribution is 2.23. The molecule has 0 aliphatic carbocycles. The number of aromatic nitrogens is 1. The quantitative estimate of drug-likeness (QED) is 0.948. The van der Waals surface area contributed by atoms with Crippen LogP contribution in [0.1, 0.15) is 16.8 Å². The van der Waals surface area contributed by atoms with E-state index >= 15 is 0 Å². The summed E-state index contributed by atoms with van der Waals surface area (Å²) in [6.45, 7) is 1.71. The Kier molecular flexibility index (Phi) is 4.06. The fraction of sp³-hybridized carbons (Fsp3) is 0.250. The molecule has 1 aliphatic rings. The minimum atomic E-state index is -0.0685. The zero-order chi connectivity index (χ0) is 14.7. The number of rotatable bonds is 3. The number of nitrogens with zero attached hydrogens (tertiary/aromatic N) is 2. The molecule has 1 aromatic heterocycles. The zero-order valence-electron chi connectivity index (χ0n) is 11.5. The van der Waals surface area contributed by atoms with Crippen molar-refractivity contribution in [2.75, 3.05) is 18.0 Å². The molecule has 1 atom stereocenters. The van der Waals surface area contributed by atoms with Crippen LogP contribution < -0.4 is 10.2 Å². The molecule has 108 valence electrons. The van der Waals surface area contributed by atoms with Crippen molar-refractivity contribution < 1.29 is 4.79 Å². The van der Waals surface area contributed by atoms with Gasteiger partial charge in [-0.15, -0.1) is 0 Å². The molecule has 0 saturated carbocycles. The van der Waals surface area contributed by atoms with Crippen LogP contribution in [0.15, 0.2) is 48.8 Å². The van der Waals surface area contributed by atoms with E-state index in [4.69, 9.17) is 11.6 Å². The van der Waals surface area contributed by atoms with Crippen molar-refractivity contribution >= 4 is 23.2 Å². The lowest BCUT2D eigenvalue weighted by molar-refractivity contribution is 0.0940. The van der Waals surface area contributed by atoms with Gasteiger partial charge in [-0.05, 0) is 36.8 Å². The summed E-state index contributed by atoms with van der Waals surface area (Å²) in [7, 11) is 0. The van der Waals surface area contributed by atoms with Gasteiger partial charge in [0.05, 0.1) is 5.56 Å². The largest absolute Gasteiger partial charge is 0.369 e. The maximum absolute atomic E-state index is 12.1. The first kappa shape index (κ1) is 13.9. The molecule has 2 heterocycles. The molecule has 2 aromatic rings. The Hall–Kier alpha value is -2.07.